The fourth-order valence-electron chi connectivity index (χ4n) is 2.14. The molecular formula is C16H17NO3. The van der Waals surface area contributed by atoms with E-state index in [1.54, 1.807) is 17.7 Å². The molecule has 1 aromatic carbocycles. The number of carbonyl (C=O) groups excluding carboxylic acids is 1. The van der Waals surface area contributed by atoms with Gasteiger partial charge in [0.15, 0.2) is 6.29 Å². The van der Waals surface area contributed by atoms with E-state index in [0.717, 1.165) is 23.4 Å². The monoisotopic (exact) mass is 271 g/mol. The number of carbonyl (C=O) groups is 1. The second-order valence-electron chi connectivity index (χ2n) is 4.48. The molecule has 0 N–H and O–H groups in total. The van der Waals surface area contributed by atoms with Crippen LogP contribution in [0, 0.1) is 0 Å². The molecule has 20 heavy (non-hydrogen) atoms. The van der Waals surface area contributed by atoms with Crippen LogP contribution in [-0.4, -0.2) is 18.0 Å². The Bertz CT molecular complexity index is 656. The topological polar surface area (TPSA) is 48.3 Å². The molecule has 0 unspecified atom stereocenters. The van der Waals surface area contributed by atoms with Gasteiger partial charge in [-0.15, -0.1) is 0 Å². The highest BCUT2D eigenvalue weighted by Crippen LogP contribution is 2.21. The summed E-state index contributed by atoms with van der Waals surface area (Å²) in [5.41, 5.74) is 1.68. The molecule has 0 saturated heterocycles. The van der Waals surface area contributed by atoms with Crippen molar-refractivity contribution >= 4 is 6.29 Å². The zero-order chi connectivity index (χ0) is 14.5. The summed E-state index contributed by atoms with van der Waals surface area (Å²) in [5.74, 6) is 0.766. The summed E-state index contributed by atoms with van der Waals surface area (Å²) >= 11 is 0. The van der Waals surface area contributed by atoms with Gasteiger partial charge >= 0.3 is 0 Å². The van der Waals surface area contributed by atoms with Crippen molar-refractivity contribution in [3.63, 3.8) is 0 Å². The van der Waals surface area contributed by atoms with E-state index in [1.165, 1.54) is 0 Å². The third-order valence-electron chi connectivity index (χ3n) is 3.16. The number of ether oxygens (including phenoxy) is 1. The van der Waals surface area contributed by atoms with Gasteiger partial charge < -0.3 is 9.30 Å². The van der Waals surface area contributed by atoms with E-state index in [2.05, 4.69) is 0 Å². The van der Waals surface area contributed by atoms with Gasteiger partial charge in [0.1, 0.15) is 5.75 Å². The van der Waals surface area contributed by atoms with Crippen molar-refractivity contribution in [2.24, 2.45) is 0 Å². The van der Waals surface area contributed by atoms with E-state index in [0.29, 0.717) is 12.8 Å². The van der Waals surface area contributed by atoms with Crippen molar-refractivity contribution in [3.05, 3.63) is 52.3 Å². The third kappa shape index (κ3) is 2.64. The molecule has 4 heteroatoms. The Balaban J connectivity index is 2.57. The lowest BCUT2D eigenvalue weighted by Crippen LogP contribution is -2.24. The predicted molar refractivity (Wildman–Crippen MR) is 78.4 cm³/mol. The molecule has 0 radical (unpaired) electrons. The lowest BCUT2D eigenvalue weighted by Gasteiger charge is -2.13. The minimum Gasteiger partial charge on any atom is -0.497 e. The first-order valence-electron chi connectivity index (χ1n) is 6.54. The molecule has 0 saturated carbocycles. The second kappa shape index (κ2) is 6.19. The second-order valence-corrected chi connectivity index (χ2v) is 4.48. The molecule has 1 aromatic heterocycles. The largest absolute Gasteiger partial charge is 0.497 e. The van der Waals surface area contributed by atoms with Gasteiger partial charge in [0.05, 0.1) is 18.4 Å². The maximum Gasteiger partial charge on any atom is 0.261 e. The summed E-state index contributed by atoms with van der Waals surface area (Å²) in [7, 11) is 1.61. The summed E-state index contributed by atoms with van der Waals surface area (Å²) in [5, 5.41) is 0. The molecule has 2 aromatic rings. The normalized spacial score (nSPS) is 10.3. The maximum atomic E-state index is 12.2. The summed E-state index contributed by atoms with van der Waals surface area (Å²) < 4.78 is 6.77. The first-order valence-corrected chi connectivity index (χ1v) is 6.54. The van der Waals surface area contributed by atoms with Crippen LogP contribution in [0.2, 0.25) is 0 Å². The summed E-state index contributed by atoms with van der Waals surface area (Å²) in [6, 6.07) is 10.9. The fourth-order valence-corrected chi connectivity index (χ4v) is 2.14. The van der Waals surface area contributed by atoms with Crippen LogP contribution in [0.5, 0.6) is 5.75 Å². The number of aldehydes is 1. The number of hydrogen-bond acceptors (Lipinski definition) is 3. The van der Waals surface area contributed by atoms with Crippen LogP contribution in [0.4, 0.5) is 0 Å². The maximum absolute atomic E-state index is 12.2. The van der Waals surface area contributed by atoms with Crippen LogP contribution in [0.25, 0.3) is 11.3 Å². The van der Waals surface area contributed by atoms with E-state index >= 15 is 0 Å². The Morgan fingerprint density at radius 3 is 2.40 bits per heavy atom. The first kappa shape index (κ1) is 14.1. The van der Waals surface area contributed by atoms with Crippen molar-refractivity contribution in [3.8, 4) is 17.0 Å². The number of aromatic nitrogens is 1. The molecular weight excluding hydrogens is 254 g/mol. The number of rotatable bonds is 5. The molecule has 0 bridgehead atoms. The van der Waals surface area contributed by atoms with Crippen LogP contribution in [0.1, 0.15) is 23.7 Å². The Morgan fingerprint density at radius 2 is 1.85 bits per heavy atom. The van der Waals surface area contributed by atoms with Crippen LogP contribution < -0.4 is 10.3 Å². The van der Waals surface area contributed by atoms with Crippen LogP contribution in [-0.2, 0) is 6.54 Å². The molecule has 0 aliphatic rings. The van der Waals surface area contributed by atoms with Gasteiger partial charge in [0, 0.05) is 6.54 Å². The molecule has 2 rings (SSSR count). The van der Waals surface area contributed by atoms with Crippen molar-refractivity contribution in [2.75, 3.05) is 7.11 Å². The summed E-state index contributed by atoms with van der Waals surface area (Å²) in [4.78, 5) is 23.1. The molecule has 0 aliphatic carbocycles. The highest BCUT2D eigenvalue weighted by atomic mass is 16.5. The summed E-state index contributed by atoms with van der Waals surface area (Å²) in [6.45, 7) is 2.58. The first-order chi connectivity index (χ1) is 9.71. The van der Waals surface area contributed by atoms with Gasteiger partial charge in [0.25, 0.3) is 5.56 Å². The molecule has 0 aliphatic heterocycles. The van der Waals surface area contributed by atoms with Gasteiger partial charge in [-0.2, -0.15) is 0 Å². The molecule has 1 heterocycles. The number of nitrogens with zero attached hydrogens (tertiary/aromatic N) is 1. The van der Waals surface area contributed by atoms with E-state index < -0.39 is 0 Å². The number of benzene rings is 1. The number of methoxy groups -OCH3 is 1. The third-order valence-corrected chi connectivity index (χ3v) is 3.16. The predicted octanol–water partition coefficient (Wildman–Crippen LogP) is 2.75. The van der Waals surface area contributed by atoms with E-state index in [4.69, 9.17) is 4.74 Å². The lowest BCUT2D eigenvalue weighted by molar-refractivity contribution is 0.112. The Hall–Kier alpha value is -2.36. The lowest BCUT2D eigenvalue weighted by atomic mass is 10.1. The minimum atomic E-state index is -0.241. The van der Waals surface area contributed by atoms with Crippen LogP contribution in [0.15, 0.2) is 41.2 Å². The standard InChI is InChI=1S/C16H17NO3/c1-3-10-17-15(9-6-13(11-18)16(17)19)12-4-7-14(20-2)8-5-12/h4-9,11H,3,10H2,1-2H3. The van der Waals surface area contributed by atoms with Crippen LogP contribution in [0.3, 0.4) is 0 Å². The average Bonchev–Trinajstić information content (AvgIpc) is 2.49. The average molecular weight is 271 g/mol. The minimum absolute atomic E-state index is 0.190. The van der Waals surface area contributed by atoms with Crippen molar-refractivity contribution < 1.29 is 9.53 Å². The smallest absolute Gasteiger partial charge is 0.261 e. The number of hydrogen-bond donors (Lipinski definition) is 0. The fraction of sp³-hybridized carbons (Fsp3) is 0.250. The van der Waals surface area contributed by atoms with Crippen molar-refractivity contribution in [1.29, 1.82) is 0 Å². The highest BCUT2D eigenvalue weighted by molar-refractivity contribution is 5.75. The Morgan fingerprint density at radius 1 is 1.15 bits per heavy atom. The SMILES string of the molecule is CCCn1c(-c2ccc(OC)cc2)ccc(C=O)c1=O. The van der Waals surface area contributed by atoms with E-state index in [9.17, 15) is 9.59 Å². The van der Waals surface area contributed by atoms with Crippen molar-refractivity contribution in [1.82, 2.24) is 4.57 Å². The molecule has 104 valence electrons. The summed E-state index contributed by atoms with van der Waals surface area (Å²) in [6.07, 6.45) is 1.43. The Kier molecular flexibility index (Phi) is 4.35. The number of pyridine rings is 1. The van der Waals surface area contributed by atoms with Gasteiger partial charge in [-0.3, -0.25) is 9.59 Å². The molecule has 0 atom stereocenters. The molecule has 0 spiro atoms. The molecule has 0 amide bonds. The quantitative estimate of drug-likeness (QED) is 0.786. The van der Waals surface area contributed by atoms with Gasteiger partial charge in [-0.05, 0) is 48.4 Å². The van der Waals surface area contributed by atoms with E-state index in [1.807, 2.05) is 37.3 Å². The molecule has 4 nitrogen and oxygen atoms in total. The molecule has 0 fully saturated rings. The van der Waals surface area contributed by atoms with Gasteiger partial charge in [0.2, 0.25) is 0 Å². The van der Waals surface area contributed by atoms with Gasteiger partial charge in [-0.1, -0.05) is 6.92 Å². The van der Waals surface area contributed by atoms with Gasteiger partial charge in [-0.25, -0.2) is 0 Å². The van der Waals surface area contributed by atoms with E-state index in [-0.39, 0.29) is 11.1 Å². The zero-order valence-electron chi connectivity index (χ0n) is 11.6. The highest BCUT2D eigenvalue weighted by Gasteiger charge is 2.09. The van der Waals surface area contributed by atoms with Crippen molar-refractivity contribution in [2.45, 2.75) is 19.9 Å². The zero-order valence-corrected chi connectivity index (χ0v) is 11.6. The Labute approximate surface area is 117 Å². The van der Waals surface area contributed by atoms with Crippen LogP contribution >= 0.6 is 0 Å².